The second-order valence-corrected chi connectivity index (χ2v) is 9.15. The average molecular weight is 429 g/mol. The van der Waals surface area contributed by atoms with Gasteiger partial charge in [-0.25, -0.2) is 13.4 Å². The van der Waals surface area contributed by atoms with Gasteiger partial charge in [0.25, 0.3) is 0 Å². The standard InChI is InChI=1S/C21H23N3O5S/c1-14(25)22-16-7-8-19(28-2)20(13-16)30(26,27)24-11-9-15(10-12-24)21-23-17-5-3-4-6-18(17)29-21/h3-8,13,15H,9-12H2,1-2H3,(H,22,25). The van der Waals surface area contributed by atoms with E-state index in [2.05, 4.69) is 10.3 Å². The Morgan fingerprint density at radius 1 is 1.20 bits per heavy atom. The van der Waals surface area contributed by atoms with Crippen LogP contribution >= 0.6 is 0 Å². The number of nitrogens with one attached hydrogen (secondary N) is 1. The number of anilines is 1. The van der Waals surface area contributed by atoms with Crippen molar-refractivity contribution >= 4 is 32.7 Å². The van der Waals surface area contributed by atoms with Crippen LogP contribution in [0, 0.1) is 0 Å². The molecule has 158 valence electrons. The van der Waals surface area contributed by atoms with E-state index >= 15 is 0 Å². The van der Waals surface area contributed by atoms with Gasteiger partial charge in [-0.15, -0.1) is 0 Å². The number of piperidine rings is 1. The summed E-state index contributed by atoms with van der Waals surface area (Å²) in [5.74, 6) is 0.683. The number of para-hydroxylation sites is 2. The second-order valence-electron chi connectivity index (χ2n) is 7.25. The third-order valence-corrected chi connectivity index (χ3v) is 7.14. The van der Waals surface area contributed by atoms with Crippen LogP contribution in [0.1, 0.15) is 31.6 Å². The maximum atomic E-state index is 13.3. The molecule has 2 heterocycles. The smallest absolute Gasteiger partial charge is 0.246 e. The Hall–Kier alpha value is -2.91. The number of methoxy groups -OCH3 is 1. The molecular weight excluding hydrogens is 406 g/mol. The van der Waals surface area contributed by atoms with Crippen molar-refractivity contribution in [2.75, 3.05) is 25.5 Å². The van der Waals surface area contributed by atoms with E-state index in [1.54, 1.807) is 12.1 Å². The zero-order valence-electron chi connectivity index (χ0n) is 16.8. The third-order valence-electron chi connectivity index (χ3n) is 5.22. The monoisotopic (exact) mass is 429 g/mol. The van der Waals surface area contributed by atoms with Crippen LogP contribution in [-0.2, 0) is 14.8 Å². The fourth-order valence-corrected chi connectivity index (χ4v) is 5.36. The fraction of sp³-hybridized carbons (Fsp3) is 0.333. The van der Waals surface area contributed by atoms with Gasteiger partial charge in [0, 0.05) is 31.6 Å². The summed E-state index contributed by atoms with van der Waals surface area (Å²) in [4.78, 5) is 15.9. The van der Waals surface area contributed by atoms with Crippen LogP contribution in [0.3, 0.4) is 0 Å². The Morgan fingerprint density at radius 2 is 1.93 bits per heavy atom. The van der Waals surface area contributed by atoms with E-state index in [4.69, 9.17) is 9.15 Å². The molecule has 1 amide bonds. The number of oxazole rings is 1. The highest BCUT2D eigenvalue weighted by Crippen LogP contribution is 2.35. The molecule has 3 aromatic rings. The van der Waals surface area contributed by atoms with E-state index in [0.29, 0.717) is 37.5 Å². The summed E-state index contributed by atoms with van der Waals surface area (Å²) in [6, 6.07) is 12.2. The van der Waals surface area contributed by atoms with Gasteiger partial charge in [0.05, 0.1) is 7.11 Å². The van der Waals surface area contributed by atoms with E-state index < -0.39 is 10.0 Å². The Kier molecular flexibility index (Phi) is 5.48. The second kappa shape index (κ2) is 8.08. The zero-order chi connectivity index (χ0) is 21.3. The SMILES string of the molecule is COc1ccc(NC(C)=O)cc1S(=O)(=O)N1CCC(c2nc3ccccc3o2)CC1. The van der Waals surface area contributed by atoms with Gasteiger partial charge in [0.1, 0.15) is 16.2 Å². The highest BCUT2D eigenvalue weighted by molar-refractivity contribution is 7.89. The summed E-state index contributed by atoms with van der Waals surface area (Å²) in [6.45, 7) is 2.06. The van der Waals surface area contributed by atoms with Gasteiger partial charge in [0.2, 0.25) is 15.9 Å². The Morgan fingerprint density at radius 3 is 2.60 bits per heavy atom. The van der Waals surface area contributed by atoms with Crippen LogP contribution in [0.5, 0.6) is 5.75 Å². The summed E-state index contributed by atoms with van der Waals surface area (Å²) < 4.78 is 39.1. The van der Waals surface area contributed by atoms with Gasteiger partial charge >= 0.3 is 0 Å². The topological polar surface area (TPSA) is 102 Å². The molecule has 0 saturated carbocycles. The number of hydrogen-bond donors (Lipinski definition) is 1. The largest absolute Gasteiger partial charge is 0.495 e. The van der Waals surface area contributed by atoms with Gasteiger partial charge in [-0.05, 0) is 43.2 Å². The predicted octanol–water partition coefficient (Wildman–Crippen LogP) is 3.36. The summed E-state index contributed by atoms with van der Waals surface area (Å²) >= 11 is 0. The molecule has 0 unspecified atom stereocenters. The summed E-state index contributed by atoms with van der Waals surface area (Å²) in [5, 5.41) is 2.61. The summed E-state index contributed by atoms with van der Waals surface area (Å²) in [7, 11) is -2.36. The van der Waals surface area contributed by atoms with Crippen molar-refractivity contribution < 1.29 is 22.4 Å². The van der Waals surface area contributed by atoms with Crippen LogP contribution in [0.4, 0.5) is 5.69 Å². The van der Waals surface area contributed by atoms with Crippen molar-refractivity contribution in [3.8, 4) is 5.75 Å². The quantitative estimate of drug-likeness (QED) is 0.667. The van der Waals surface area contributed by atoms with Crippen LogP contribution in [0.15, 0.2) is 51.8 Å². The van der Waals surface area contributed by atoms with E-state index in [0.717, 1.165) is 11.1 Å². The number of fused-ring (bicyclic) bond motifs is 1. The van der Waals surface area contributed by atoms with Crippen molar-refractivity contribution in [3.05, 3.63) is 48.4 Å². The number of nitrogens with zero attached hydrogens (tertiary/aromatic N) is 2. The first kappa shape index (κ1) is 20.4. The van der Waals surface area contributed by atoms with E-state index in [1.165, 1.54) is 24.4 Å². The van der Waals surface area contributed by atoms with Gasteiger partial charge in [-0.3, -0.25) is 4.79 Å². The molecule has 1 aliphatic rings. The average Bonchev–Trinajstić information content (AvgIpc) is 3.18. The molecule has 2 aromatic carbocycles. The summed E-state index contributed by atoms with van der Waals surface area (Å²) in [5.41, 5.74) is 1.95. The van der Waals surface area contributed by atoms with Gasteiger partial charge < -0.3 is 14.5 Å². The number of carbonyl (C=O) groups is 1. The van der Waals surface area contributed by atoms with Crippen molar-refractivity contribution in [2.24, 2.45) is 0 Å². The van der Waals surface area contributed by atoms with E-state index in [-0.39, 0.29) is 22.5 Å². The molecule has 30 heavy (non-hydrogen) atoms. The normalized spacial score (nSPS) is 15.9. The predicted molar refractivity (Wildman–Crippen MR) is 112 cm³/mol. The molecule has 1 aromatic heterocycles. The van der Waals surface area contributed by atoms with Crippen molar-refractivity contribution in [1.29, 1.82) is 0 Å². The first-order valence-corrected chi connectivity index (χ1v) is 11.1. The number of rotatable bonds is 5. The molecule has 9 heteroatoms. The molecule has 0 aliphatic carbocycles. The Balaban J connectivity index is 1.54. The van der Waals surface area contributed by atoms with Gasteiger partial charge in [-0.1, -0.05) is 12.1 Å². The van der Waals surface area contributed by atoms with Crippen LogP contribution in [-0.4, -0.2) is 43.8 Å². The number of sulfonamides is 1. The molecule has 1 fully saturated rings. The van der Waals surface area contributed by atoms with Crippen molar-refractivity contribution in [3.63, 3.8) is 0 Å². The lowest BCUT2D eigenvalue weighted by Crippen LogP contribution is -2.38. The molecule has 0 spiro atoms. The number of hydrogen-bond acceptors (Lipinski definition) is 6. The minimum absolute atomic E-state index is 0.0385. The number of benzene rings is 2. The van der Waals surface area contributed by atoms with Crippen molar-refractivity contribution in [1.82, 2.24) is 9.29 Å². The maximum absolute atomic E-state index is 13.3. The number of amides is 1. The molecular formula is C21H23N3O5S. The molecule has 4 rings (SSSR count). The molecule has 0 bridgehead atoms. The van der Waals surface area contributed by atoms with Crippen LogP contribution in [0.2, 0.25) is 0 Å². The molecule has 1 aliphatic heterocycles. The first-order chi connectivity index (χ1) is 14.4. The minimum atomic E-state index is -3.79. The molecule has 0 radical (unpaired) electrons. The van der Waals surface area contributed by atoms with Gasteiger partial charge in [0.15, 0.2) is 11.5 Å². The highest BCUT2D eigenvalue weighted by atomic mass is 32.2. The first-order valence-electron chi connectivity index (χ1n) is 9.70. The lowest BCUT2D eigenvalue weighted by Gasteiger charge is -2.30. The third kappa shape index (κ3) is 3.90. The number of carbonyl (C=O) groups excluding carboxylic acids is 1. The number of aromatic nitrogens is 1. The Bertz CT molecular complexity index is 1150. The maximum Gasteiger partial charge on any atom is 0.246 e. The van der Waals surface area contributed by atoms with E-state index in [9.17, 15) is 13.2 Å². The molecule has 1 N–H and O–H groups in total. The Labute approximate surface area is 174 Å². The summed E-state index contributed by atoms with van der Waals surface area (Å²) in [6.07, 6.45) is 1.22. The van der Waals surface area contributed by atoms with Crippen LogP contribution < -0.4 is 10.1 Å². The van der Waals surface area contributed by atoms with Crippen molar-refractivity contribution in [2.45, 2.75) is 30.6 Å². The molecule has 1 saturated heterocycles. The lowest BCUT2D eigenvalue weighted by molar-refractivity contribution is -0.114. The highest BCUT2D eigenvalue weighted by Gasteiger charge is 2.33. The lowest BCUT2D eigenvalue weighted by atomic mass is 9.98. The number of ether oxygens (including phenoxy) is 1. The molecule has 0 atom stereocenters. The van der Waals surface area contributed by atoms with E-state index in [1.807, 2.05) is 24.3 Å². The zero-order valence-corrected chi connectivity index (χ0v) is 17.6. The van der Waals surface area contributed by atoms with Crippen LogP contribution in [0.25, 0.3) is 11.1 Å². The minimum Gasteiger partial charge on any atom is -0.495 e. The molecule has 8 nitrogen and oxygen atoms in total. The fourth-order valence-electron chi connectivity index (χ4n) is 3.71. The van der Waals surface area contributed by atoms with Gasteiger partial charge in [-0.2, -0.15) is 4.31 Å².